The van der Waals surface area contributed by atoms with Gasteiger partial charge in [-0.15, -0.1) is 0 Å². The maximum absolute atomic E-state index is 13.5. The minimum Gasteiger partial charge on any atom is -0.477 e. The molecule has 4 nitrogen and oxygen atoms in total. The van der Waals surface area contributed by atoms with Crippen molar-refractivity contribution in [2.45, 2.75) is 91.4 Å². The predicted molar refractivity (Wildman–Crippen MR) is 121 cm³/mol. The molecule has 2 aliphatic carbocycles. The molecule has 2 aromatic heterocycles. The van der Waals surface area contributed by atoms with Crippen molar-refractivity contribution in [3.8, 4) is 5.88 Å². The molecule has 2 fully saturated rings. The van der Waals surface area contributed by atoms with Crippen molar-refractivity contribution in [2.24, 2.45) is 5.92 Å². The zero-order valence-corrected chi connectivity index (χ0v) is 19.8. The number of hydrogen-bond donors (Lipinski definition) is 0. The third-order valence-corrected chi connectivity index (χ3v) is 5.73. The smallest absolute Gasteiger partial charge is 0.248 e. The summed E-state index contributed by atoms with van der Waals surface area (Å²) in [4.78, 5) is 13.2. The number of nitrogens with zero attached hydrogens (tertiary/aromatic N) is 3. The van der Waals surface area contributed by atoms with Gasteiger partial charge in [-0.05, 0) is 50.7 Å². The Morgan fingerprint density at radius 3 is 2.29 bits per heavy atom. The number of pyridine rings is 1. The van der Waals surface area contributed by atoms with Crippen LogP contribution in [0.3, 0.4) is 0 Å². The Morgan fingerprint density at radius 2 is 1.68 bits per heavy atom. The second kappa shape index (κ2) is 11.5. The molecular formula is C25H37F2N3O. The molecule has 4 rings (SSSR count). The van der Waals surface area contributed by atoms with E-state index >= 15 is 0 Å². The van der Waals surface area contributed by atoms with Crippen LogP contribution in [0.2, 0.25) is 0 Å². The summed E-state index contributed by atoms with van der Waals surface area (Å²) >= 11 is 0. The van der Waals surface area contributed by atoms with Crippen LogP contribution in [-0.4, -0.2) is 27.5 Å². The number of halogens is 2. The summed E-state index contributed by atoms with van der Waals surface area (Å²) in [5, 5.41) is 0. The van der Waals surface area contributed by atoms with E-state index in [2.05, 4.69) is 27.1 Å². The number of alkyl halides is 2. The summed E-state index contributed by atoms with van der Waals surface area (Å²) in [5.41, 5.74) is 3.15. The fourth-order valence-corrected chi connectivity index (χ4v) is 3.88. The van der Waals surface area contributed by atoms with Crippen LogP contribution in [0.5, 0.6) is 5.88 Å². The van der Waals surface area contributed by atoms with E-state index in [4.69, 9.17) is 4.74 Å². The van der Waals surface area contributed by atoms with Gasteiger partial charge in [-0.2, -0.15) is 4.98 Å². The third kappa shape index (κ3) is 6.94. The van der Waals surface area contributed by atoms with Crippen LogP contribution < -0.4 is 4.74 Å². The summed E-state index contributed by atoms with van der Waals surface area (Å²) in [6, 6.07) is 4.17. The first kappa shape index (κ1) is 25.2. The van der Waals surface area contributed by atoms with E-state index in [1.165, 1.54) is 0 Å². The van der Waals surface area contributed by atoms with Gasteiger partial charge in [-0.25, -0.2) is 13.8 Å². The molecule has 0 N–H and O–H groups in total. The molecule has 2 heterocycles. The summed E-state index contributed by atoms with van der Waals surface area (Å²) < 4.78 is 33.0. The molecule has 0 bridgehead atoms. The fourth-order valence-electron chi connectivity index (χ4n) is 3.88. The maximum Gasteiger partial charge on any atom is 0.248 e. The van der Waals surface area contributed by atoms with E-state index in [-0.39, 0.29) is 18.8 Å². The first-order valence-electron chi connectivity index (χ1n) is 11.7. The topological polar surface area (TPSA) is 47.9 Å². The molecule has 172 valence electrons. The zero-order chi connectivity index (χ0) is 23.0. The first-order chi connectivity index (χ1) is 14.9. The minimum absolute atomic E-state index is 0.0500. The molecule has 0 amide bonds. The minimum atomic E-state index is -2.54. The lowest BCUT2D eigenvalue weighted by Gasteiger charge is -2.29. The number of hydrogen-bond acceptors (Lipinski definition) is 4. The Labute approximate surface area is 185 Å². The molecule has 0 aromatic carbocycles. The van der Waals surface area contributed by atoms with Crippen molar-refractivity contribution in [3.63, 3.8) is 0 Å². The van der Waals surface area contributed by atoms with E-state index in [0.717, 1.165) is 23.2 Å². The van der Waals surface area contributed by atoms with Crippen LogP contribution >= 0.6 is 0 Å². The Kier molecular flexibility index (Phi) is 9.32. The van der Waals surface area contributed by atoms with Gasteiger partial charge in [0, 0.05) is 48.3 Å². The van der Waals surface area contributed by atoms with Crippen molar-refractivity contribution in [1.82, 2.24) is 15.0 Å². The summed E-state index contributed by atoms with van der Waals surface area (Å²) in [7, 11) is 0. The van der Waals surface area contributed by atoms with E-state index in [0.29, 0.717) is 43.0 Å². The number of ether oxygens (including phenoxy) is 1. The molecule has 0 radical (unpaired) electrons. The van der Waals surface area contributed by atoms with Gasteiger partial charge >= 0.3 is 0 Å². The highest BCUT2D eigenvalue weighted by Crippen LogP contribution is 2.47. The molecule has 1 unspecified atom stereocenters. The molecule has 0 spiro atoms. The van der Waals surface area contributed by atoms with Gasteiger partial charge in [0.05, 0.1) is 6.61 Å². The largest absolute Gasteiger partial charge is 0.477 e. The monoisotopic (exact) mass is 433 g/mol. The normalized spacial score (nSPS) is 21.8. The third-order valence-electron chi connectivity index (χ3n) is 5.73. The van der Waals surface area contributed by atoms with Gasteiger partial charge in [0.2, 0.25) is 11.8 Å². The Morgan fingerprint density at radius 1 is 1.00 bits per heavy atom. The van der Waals surface area contributed by atoms with E-state index < -0.39 is 5.92 Å². The lowest BCUT2D eigenvalue weighted by Crippen LogP contribution is -2.24. The van der Waals surface area contributed by atoms with Gasteiger partial charge in [0.15, 0.2) is 0 Å². The van der Waals surface area contributed by atoms with Gasteiger partial charge in [0.1, 0.15) is 5.82 Å². The number of aryl methyl sites for hydroxylation is 2. The molecule has 2 saturated carbocycles. The van der Waals surface area contributed by atoms with E-state index in [1.54, 1.807) is 6.20 Å². The van der Waals surface area contributed by atoms with Gasteiger partial charge in [0.25, 0.3) is 0 Å². The van der Waals surface area contributed by atoms with Crippen molar-refractivity contribution in [2.75, 3.05) is 6.61 Å². The van der Waals surface area contributed by atoms with Crippen LogP contribution in [-0.2, 0) is 0 Å². The van der Waals surface area contributed by atoms with Gasteiger partial charge in [-0.1, -0.05) is 33.8 Å². The first-order valence-corrected chi connectivity index (χ1v) is 11.7. The Hall–Kier alpha value is -2.11. The highest BCUT2D eigenvalue weighted by atomic mass is 19.3. The van der Waals surface area contributed by atoms with E-state index in [9.17, 15) is 8.78 Å². The highest BCUT2D eigenvalue weighted by molar-refractivity contribution is 5.29. The second-order valence-electron chi connectivity index (χ2n) is 7.98. The molecule has 0 saturated heterocycles. The number of aromatic nitrogens is 3. The number of rotatable bonds is 5. The highest BCUT2D eigenvalue weighted by Gasteiger charge is 2.41. The SMILES string of the molecule is CC.CC.Cc1ccc(C2C[C@@H]2COc2nc(C)ncc2C2CCC(F)(F)CC2)nc1. The summed E-state index contributed by atoms with van der Waals surface area (Å²) in [6.07, 6.45) is 5.48. The maximum atomic E-state index is 13.5. The van der Waals surface area contributed by atoms with Gasteiger partial charge in [-0.3, -0.25) is 4.98 Å². The van der Waals surface area contributed by atoms with Crippen LogP contribution in [0.25, 0.3) is 0 Å². The van der Waals surface area contributed by atoms with Crippen molar-refractivity contribution >= 4 is 0 Å². The summed E-state index contributed by atoms with van der Waals surface area (Å²) in [6.45, 7) is 12.4. The quantitative estimate of drug-likeness (QED) is 0.508. The molecule has 6 heteroatoms. The molecular weight excluding hydrogens is 396 g/mol. The Balaban J connectivity index is 0.000000807. The average Bonchev–Trinajstić information content (AvgIpc) is 3.56. The van der Waals surface area contributed by atoms with Crippen molar-refractivity contribution in [3.05, 3.63) is 47.2 Å². The molecule has 2 aromatic rings. The van der Waals surface area contributed by atoms with Crippen LogP contribution in [0.15, 0.2) is 24.5 Å². The average molecular weight is 434 g/mol. The second-order valence-corrected chi connectivity index (χ2v) is 7.98. The lowest BCUT2D eigenvalue weighted by atomic mass is 9.83. The van der Waals surface area contributed by atoms with Crippen LogP contribution in [0.1, 0.15) is 94.3 Å². The van der Waals surface area contributed by atoms with Gasteiger partial charge < -0.3 is 4.74 Å². The van der Waals surface area contributed by atoms with Crippen LogP contribution in [0.4, 0.5) is 8.78 Å². The zero-order valence-electron chi connectivity index (χ0n) is 19.8. The molecule has 31 heavy (non-hydrogen) atoms. The summed E-state index contributed by atoms with van der Waals surface area (Å²) in [5.74, 6) is -0.410. The van der Waals surface area contributed by atoms with Crippen molar-refractivity contribution < 1.29 is 13.5 Å². The standard InChI is InChI=1S/C21H25F2N3O.2C2H6/c1-13-3-4-19(25-10-13)17-9-16(17)12-27-20-18(11-24-14(2)26-20)15-5-7-21(22,23)8-6-15;2*1-2/h3-4,10-11,15-17H,5-9,12H2,1-2H3;2*1-2H3/t16-,17?;;/m1../s1. The van der Waals surface area contributed by atoms with Crippen LogP contribution in [0, 0.1) is 19.8 Å². The van der Waals surface area contributed by atoms with E-state index in [1.807, 2.05) is 47.7 Å². The lowest BCUT2D eigenvalue weighted by molar-refractivity contribution is -0.0384. The van der Waals surface area contributed by atoms with Crippen molar-refractivity contribution in [1.29, 1.82) is 0 Å². The molecule has 2 atom stereocenters. The molecule has 0 aliphatic heterocycles. The fraction of sp³-hybridized carbons (Fsp3) is 0.640. The predicted octanol–water partition coefficient (Wildman–Crippen LogP) is 7.02. The Bertz CT molecular complexity index is 801. The molecule has 2 aliphatic rings.